The number of carbonyl (C=O) groups excluding carboxylic acids is 1. The highest BCUT2D eigenvalue weighted by Crippen LogP contribution is 2.20. The maximum absolute atomic E-state index is 12.2. The van der Waals surface area contributed by atoms with Gasteiger partial charge in [0.1, 0.15) is 11.6 Å². The molecule has 0 heterocycles. The largest absolute Gasteiger partial charge is 0.386 e. The highest BCUT2D eigenvalue weighted by Gasteiger charge is 2.11. The van der Waals surface area contributed by atoms with Gasteiger partial charge in [-0.15, -0.1) is 0 Å². The zero-order valence-electron chi connectivity index (χ0n) is 13.6. The molecular weight excluding hydrogens is 322 g/mol. The van der Waals surface area contributed by atoms with E-state index in [1.54, 1.807) is 12.1 Å². The lowest BCUT2D eigenvalue weighted by molar-refractivity contribution is -0.112. The van der Waals surface area contributed by atoms with Gasteiger partial charge in [-0.1, -0.05) is 41.9 Å². The summed E-state index contributed by atoms with van der Waals surface area (Å²) in [6.07, 6.45) is 1.43. The van der Waals surface area contributed by atoms with Crippen molar-refractivity contribution in [1.29, 1.82) is 5.26 Å². The Labute approximate surface area is 146 Å². The zero-order valence-corrected chi connectivity index (χ0v) is 14.3. The molecule has 4 nitrogen and oxygen atoms in total. The second-order valence-electron chi connectivity index (χ2n) is 5.39. The molecule has 0 radical (unpaired) electrons. The second-order valence-corrected chi connectivity index (χ2v) is 5.83. The number of halogens is 1. The first-order valence-corrected chi connectivity index (χ1v) is 7.84. The summed E-state index contributed by atoms with van der Waals surface area (Å²) in [6.45, 7) is 4.42. The summed E-state index contributed by atoms with van der Waals surface area (Å²) in [4.78, 5) is 12.2. The summed E-state index contributed by atoms with van der Waals surface area (Å²) in [6, 6.07) is 15.1. The van der Waals surface area contributed by atoms with E-state index in [0.717, 1.165) is 16.7 Å². The van der Waals surface area contributed by atoms with Crippen LogP contribution in [-0.2, 0) is 11.3 Å². The average Bonchev–Trinajstić information content (AvgIpc) is 2.56. The van der Waals surface area contributed by atoms with Crippen molar-refractivity contribution >= 4 is 23.2 Å². The Hall–Kier alpha value is -2.77. The van der Waals surface area contributed by atoms with E-state index in [2.05, 4.69) is 10.6 Å². The van der Waals surface area contributed by atoms with E-state index in [0.29, 0.717) is 17.3 Å². The summed E-state index contributed by atoms with van der Waals surface area (Å²) < 4.78 is 0. The van der Waals surface area contributed by atoms with Crippen molar-refractivity contribution in [2.24, 2.45) is 0 Å². The molecule has 0 bridgehead atoms. The van der Waals surface area contributed by atoms with Crippen LogP contribution in [0.2, 0.25) is 5.02 Å². The molecule has 2 N–H and O–H groups in total. The molecule has 0 aliphatic heterocycles. The first kappa shape index (κ1) is 17.6. The van der Waals surface area contributed by atoms with E-state index in [1.807, 2.05) is 50.2 Å². The zero-order chi connectivity index (χ0) is 17.5. The predicted molar refractivity (Wildman–Crippen MR) is 96.5 cm³/mol. The van der Waals surface area contributed by atoms with Crippen LogP contribution in [0.3, 0.4) is 0 Å². The molecule has 1 amide bonds. The Morgan fingerprint density at radius 1 is 1.21 bits per heavy atom. The first-order chi connectivity index (χ1) is 11.5. The molecule has 0 saturated carbocycles. The number of carbonyl (C=O) groups is 1. The Bertz CT molecular complexity index is 822. The van der Waals surface area contributed by atoms with Crippen molar-refractivity contribution in [3.63, 3.8) is 0 Å². The maximum atomic E-state index is 12.2. The summed E-state index contributed by atoms with van der Waals surface area (Å²) in [5, 5.41) is 15.5. The van der Waals surface area contributed by atoms with Crippen LogP contribution in [0, 0.1) is 25.2 Å². The van der Waals surface area contributed by atoms with E-state index in [9.17, 15) is 10.1 Å². The molecule has 0 atom stereocenters. The molecule has 0 unspecified atom stereocenters. The first-order valence-electron chi connectivity index (χ1n) is 7.47. The lowest BCUT2D eigenvalue weighted by Gasteiger charge is -2.09. The van der Waals surface area contributed by atoms with Gasteiger partial charge in [-0.3, -0.25) is 4.79 Å². The molecule has 0 spiro atoms. The number of rotatable bonds is 5. The molecule has 122 valence electrons. The standard InChI is InChI=1S/C19H18ClN3O/c1-13-5-3-4-6-15(13)11-22-12-16(10-21)19(24)23-18-9-17(20)8-7-14(18)2/h3-9,12,22H,11H2,1-2H3,(H,23,24)/b16-12-. The maximum Gasteiger partial charge on any atom is 0.267 e. The highest BCUT2D eigenvalue weighted by atomic mass is 35.5. The number of nitrogens with zero attached hydrogens (tertiary/aromatic N) is 1. The number of nitrogens with one attached hydrogen (secondary N) is 2. The third-order valence-corrected chi connectivity index (χ3v) is 3.85. The van der Waals surface area contributed by atoms with Crippen molar-refractivity contribution in [2.45, 2.75) is 20.4 Å². The normalized spacial score (nSPS) is 10.8. The highest BCUT2D eigenvalue weighted by molar-refractivity contribution is 6.31. The minimum Gasteiger partial charge on any atom is -0.386 e. The van der Waals surface area contributed by atoms with Gasteiger partial charge in [0, 0.05) is 23.5 Å². The lowest BCUT2D eigenvalue weighted by atomic mass is 10.1. The fourth-order valence-corrected chi connectivity index (χ4v) is 2.31. The average molecular weight is 340 g/mol. The van der Waals surface area contributed by atoms with Crippen LogP contribution < -0.4 is 10.6 Å². The van der Waals surface area contributed by atoms with Crippen molar-refractivity contribution < 1.29 is 4.79 Å². The number of amides is 1. The van der Waals surface area contributed by atoms with E-state index < -0.39 is 5.91 Å². The van der Waals surface area contributed by atoms with E-state index in [4.69, 9.17) is 11.6 Å². The summed E-state index contributed by atoms with van der Waals surface area (Å²) in [7, 11) is 0. The number of aryl methyl sites for hydroxylation is 2. The number of nitriles is 1. The molecule has 0 aromatic heterocycles. The van der Waals surface area contributed by atoms with Crippen LogP contribution in [0.1, 0.15) is 16.7 Å². The third-order valence-electron chi connectivity index (χ3n) is 3.61. The van der Waals surface area contributed by atoms with Gasteiger partial charge in [0.25, 0.3) is 5.91 Å². The second kappa shape index (κ2) is 8.19. The van der Waals surface area contributed by atoms with E-state index in [1.165, 1.54) is 6.20 Å². The molecule has 2 aromatic carbocycles. The molecule has 0 aliphatic rings. The van der Waals surface area contributed by atoms with Gasteiger partial charge in [0.2, 0.25) is 0 Å². The quantitative estimate of drug-likeness (QED) is 0.637. The van der Waals surface area contributed by atoms with Gasteiger partial charge in [-0.2, -0.15) is 5.26 Å². The Balaban J connectivity index is 2.05. The Morgan fingerprint density at radius 3 is 2.67 bits per heavy atom. The van der Waals surface area contributed by atoms with Crippen LogP contribution >= 0.6 is 11.6 Å². The van der Waals surface area contributed by atoms with Gasteiger partial charge in [0.15, 0.2) is 0 Å². The van der Waals surface area contributed by atoms with Crippen LogP contribution in [0.4, 0.5) is 5.69 Å². The van der Waals surface area contributed by atoms with Gasteiger partial charge in [0.05, 0.1) is 0 Å². The molecule has 0 aliphatic carbocycles. The number of anilines is 1. The molecular formula is C19H18ClN3O. The van der Waals surface area contributed by atoms with Crippen LogP contribution in [0.5, 0.6) is 0 Å². The fraction of sp³-hybridized carbons (Fsp3) is 0.158. The van der Waals surface area contributed by atoms with Gasteiger partial charge >= 0.3 is 0 Å². The molecule has 2 rings (SSSR count). The van der Waals surface area contributed by atoms with E-state index in [-0.39, 0.29) is 5.57 Å². The van der Waals surface area contributed by atoms with Crippen molar-refractivity contribution in [2.75, 3.05) is 5.32 Å². The number of hydrogen-bond acceptors (Lipinski definition) is 3. The third kappa shape index (κ3) is 4.61. The van der Waals surface area contributed by atoms with E-state index >= 15 is 0 Å². The monoisotopic (exact) mass is 339 g/mol. The van der Waals surface area contributed by atoms with Crippen LogP contribution in [-0.4, -0.2) is 5.91 Å². The minimum atomic E-state index is -0.472. The van der Waals surface area contributed by atoms with Crippen molar-refractivity contribution in [1.82, 2.24) is 5.32 Å². The summed E-state index contributed by atoms with van der Waals surface area (Å²) >= 11 is 5.94. The Kier molecular flexibility index (Phi) is 6.00. The number of hydrogen-bond donors (Lipinski definition) is 2. The van der Waals surface area contributed by atoms with Gasteiger partial charge in [-0.05, 0) is 42.7 Å². The molecule has 24 heavy (non-hydrogen) atoms. The van der Waals surface area contributed by atoms with Crippen molar-refractivity contribution in [3.8, 4) is 6.07 Å². The van der Waals surface area contributed by atoms with Gasteiger partial charge < -0.3 is 10.6 Å². The fourth-order valence-electron chi connectivity index (χ4n) is 2.14. The topological polar surface area (TPSA) is 64.9 Å². The summed E-state index contributed by atoms with van der Waals surface area (Å²) in [5.41, 5.74) is 3.72. The molecule has 0 saturated heterocycles. The van der Waals surface area contributed by atoms with Crippen LogP contribution in [0.15, 0.2) is 54.2 Å². The van der Waals surface area contributed by atoms with Crippen molar-refractivity contribution in [3.05, 3.63) is 76.0 Å². The number of benzene rings is 2. The SMILES string of the molecule is Cc1ccccc1CN/C=C(/C#N)C(=O)Nc1cc(Cl)ccc1C. The predicted octanol–water partition coefficient (Wildman–Crippen LogP) is 4.09. The summed E-state index contributed by atoms with van der Waals surface area (Å²) in [5.74, 6) is -0.472. The smallest absolute Gasteiger partial charge is 0.267 e. The Morgan fingerprint density at radius 2 is 1.96 bits per heavy atom. The van der Waals surface area contributed by atoms with Gasteiger partial charge in [-0.25, -0.2) is 0 Å². The minimum absolute atomic E-state index is 0.00274. The lowest BCUT2D eigenvalue weighted by Crippen LogP contribution is -2.17. The van der Waals surface area contributed by atoms with Crippen LogP contribution in [0.25, 0.3) is 0 Å². The molecule has 0 fully saturated rings. The molecule has 5 heteroatoms. The molecule has 2 aromatic rings.